The smallest absolute Gasteiger partial charge is 0.107 e. The first-order chi connectivity index (χ1) is 4.93. The largest absolute Gasteiger partial charge is 0.253 e. The molecule has 0 saturated carbocycles. The zero-order chi connectivity index (χ0) is 8.65. The minimum absolute atomic E-state index is 0.0626. The number of rotatable bonds is 0. The number of halogens is 1. The SMILES string of the molecule is Cc1cnn(C(C)(C)C)c1Br. The van der Waals surface area contributed by atoms with E-state index in [9.17, 15) is 0 Å². The van der Waals surface area contributed by atoms with Crippen LogP contribution in [0.5, 0.6) is 0 Å². The van der Waals surface area contributed by atoms with Crippen molar-refractivity contribution >= 4 is 15.9 Å². The highest BCUT2D eigenvalue weighted by Crippen LogP contribution is 2.22. The third kappa shape index (κ3) is 1.64. The fourth-order valence-electron chi connectivity index (χ4n) is 0.883. The van der Waals surface area contributed by atoms with Crippen LogP contribution in [0.25, 0.3) is 0 Å². The van der Waals surface area contributed by atoms with Gasteiger partial charge in [0.05, 0.1) is 11.7 Å². The van der Waals surface area contributed by atoms with Crippen LogP contribution in [0, 0.1) is 6.92 Å². The van der Waals surface area contributed by atoms with E-state index in [4.69, 9.17) is 0 Å². The summed E-state index contributed by atoms with van der Waals surface area (Å²) in [5, 5.41) is 4.26. The molecule has 0 unspecified atom stereocenters. The summed E-state index contributed by atoms with van der Waals surface area (Å²) in [6.45, 7) is 8.43. The van der Waals surface area contributed by atoms with E-state index < -0.39 is 0 Å². The maximum Gasteiger partial charge on any atom is 0.107 e. The van der Waals surface area contributed by atoms with Crippen molar-refractivity contribution in [1.29, 1.82) is 0 Å². The van der Waals surface area contributed by atoms with Crippen molar-refractivity contribution in [2.24, 2.45) is 0 Å². The fraction of sp³-hybridized carbons (Fsp3) is 0.625. The maximum atomic E-state index is 4.26. The molecule has 1 aromatic rings. The van der Waals surface area contributed by atoms with Crippen LogP contribution in [0.2, 0.25) is 0 Å². The average molecular weight is 217 g/mol. The highest BCUT2D eigenvalue weighted by atomic mass is 79.9. The first kappa shape index (κ1) is 8.78. The predicted octanol–water partition coefficient (Wildman–Crippen LogP) is 2.71. The molecule has 0 spiro atoms. The molecule has 1 rings (SSSR count). The number of hydrogen-bond acceptors (Lipinski definition) is 1. The standard InChI is InChI=1S/C8H13BrN2/c1-6-5-10-11(7(6)9)8(2,3)4/h5H,1-4H3. The van der Waals surface area contributed by atoms with Gasteiger partial charge in [-0.25, -0.2) is 0 Å². The van der Waals surface area contributed by atoms with Gasteiger partial charge in [0.1, 0.15) is 4.60 Å². The summed E-state index contributed by atoms with van der Waals surface area (Å²) in [4.78, 5) is 0. The van der Waals surface area contributed by atoms with Gasteiger partial charge in [0, 0.05) is 5.56 Å². The van der Waals surface area contributed by atoms with Gasteiger partial charge in [-0.1, -0.05) is 0 Å². The topological polar surface area (TPSA) is 17.8 Å². The third-order valence-corrected chi connectivity index (χ3v) is 2.47. The van der Waals surface area contributed by atoms with Crippen molar-refractivity contribution in [1.82, 2.24) is 9.78 Å². The Labute approximate surface area is 75.7 Å². The first-order valence-electron chi connectivity index (χ1n) is 3.63. The van der Waals surface area contributed by atoms with Crippen molar-refractivity contribution in [3.05, 3.63) is 16.4 Å². The second kappa shape index (κ2) is 2.63. The molecule has 0 amide bonds. The van der Waals surface area contributed by atoms with Crippen LogP contribution >= 0.6 is 15.9 Å². The van der Waals surface area contributed by atoms with Crippen molar-refractivity contribution in [3.63, 3.8) is 0 Å². The van der Waals surface area contributed by atoms with E-state index in [1.165, 1.54) is 5.56 Å². The van der Waals surface area contributed by atoms with Crippen molar-refractivity contribution in [2.45, 2.75) is 33.2 Å². The lowest BCUT2D eigenvalue weighted by Gasteiger charge is -2.20. The molecule has 3 heteroatoms. The summed E-state index contributed by atoms with van der Waals surface area (Å²) in [5.74, 6) is 0. The molecule has 0 fully saturated rings. The molecule has 0 aromatic carbocycles. The van der Waals surface area contributed by atoms with E-state index in [1.54, 1.807) is 0 Å². The van der Waals surface area contributed by atoms with Crippen molar-refractivity contribution < 1.29 is 0 Å². The third-order valence-electron chi connectivity index (χ3n) is 1.51. The van der Waals surface area contributed by atoms with Crippen LogP contribution in [-0.4, -0.2) is 9.78 Å². The lowest BCUT2D eigenvalue weighted by Crippen LogP contribution is -2.23. The molecule has 62 valence electrons. The average Bonchev–Trinajstić information content (AvgIpc) is 2.11. The Morgan fingerprint density at radius 1 is 1.45 bits per heavy atom. The van der Waals surface area contributed by atoms with Gasteiger partial charge in [-0.3, -0.25) is 4.68 Å². The molecule has 0 bridgehead atoms. The molecular formula is C8H13BrN2. The Balaban J connectivity index is 3.15. The second-order valence-electron chi connectivity index (χ2n) is 3.70. The molecule has 11 heavy (non-hydrogen) atoms. The summed E-state index contributed by atoms with van der Waals surface area (Å²) >= 11 is 3.49. The van der Waals surface area contributed by atoms with Crippen LogP contribution in [0.15, 0.2) is 10.8 Å². The van der Waals surface area contributed by atoms with Crippen LogP contribution in [-0.2, 0) is 5.54 Å². The Hall–Kier alpha value is -0.310. The van der Waals surface area contributed by atoms with E-state index in [1.807, 2.05) is 17.8 Å². The summed E-state index contributed by atoms with van der Waals surface area (Å²) in [6.07, 6.45) is 1.87. The predicted molar refractivity (Wildman–Crippen MR) is 49.7 cm³/mol. The molecule has 0 aliphatic carbocycles. The van der Waals surface area contributed by atoms with Crippen LogP contribution in [0.4, 0.5) is 0 Å². The van der Waals surface area contributed by atoms with Crippen LogP contribution in [0.3, 0.4) is 0 Å². The Bertz CT molecular complexity index is 258. The van der Waals surface area contributed by atoms with Gasteiger partial charge >= 0.3 is 0 Å². The first-order valence-corrected chi connectivity index (χ1v) is 4.43. The van der Waals surface area contributed by atoms with E-state index >= 15 is 0 Å². The van der Waals surface area contributed by atoms with E-state index in [0.29, 0.717) is 0 Å². The number of aromatic nitrogens is 2. The molecule has 0 radical (unpaired) electrons. The molecule has 0 aliphatic rings. The monoisotopic (exact) mass is 216 g/mol. The van der Waals surface area contributed by atoms with E-state index in [0.717, 1.165) is 4.60 Å². The zero-order valence-electron chi connectivity index (χ0n) is 7.35. The van der Waals surface area contributed by atoms with Crippen LogP contribution in [0.1, 0.15) is 26.3 Å². The Morgan fingerprint density at radius 2 is 2.00 bits per heavy atom. The molecule has 0 saturated heterocycles. The number of nitrogens with zero attached hydrogens (tertiary/aromatic N) is 2. The van der Waals surface area contributed by atoms with Gasteiger partial charge in [-0.2, -0.15) is 5.10 Å². The minimum Gasteiger partial charge on any atom is -0.253 e. The molecule has 1 aromatic heterocycles. The lowest BCUT2D eigenvalue weighted by atomic mass is 10.1. The number of hydrogen-bond donors (Lipinski definition) is 0. The van der Waals surface area contributed by atoms with Gasteiger partial charge in [0.25, 0.3) is 0 Å². The van der Waals surface area contributed by atoms with Gasteiger partial charge < -0.3 is 0 Å². The summed E-state index contributed by atoms with van der Waals surface area (Å²) in [5.41, 5.74) is 1.24. The highest BCUT2D eigenvalue weighted by Gasteiger charge is 2.17. The Kier molecular flexibility index (Phi) is 2.10. The Morgan fingerprint density at radius 3 is 2.18 bits per heavy atom. The molecule has 0 atom stereocenters. The second-order valence-corrected chi connectivity index (χ2v) is 4.45. The van der Waals surface area contributed by atoms with Gasteiger partial charge in [0.15, 0.2) is 0 Å². The van der Waals surface area contributed by atoms with Gasteiger partial charge in [-0.15, -0.1) is 0 Å². The zero-order valence-corrected chi connectivity index (χ0v) is 8.94. The van der Waals surface area contributed by atoms with E-state index in [-0.39, 0.29) is 5.54 Å². The molecule has 2 nitrogen and oxygen atoms in total. The lowest BCUT2D eigenvalue weighted by molar-refractivity contribution is 0.348. The van der Waals surface area contributed by atoms with E-state index in [2.05, 4.69) is 41.8 Å². The summed E-state index contributed by atoms with van der Waals surface area (Å²) < 4.78 is 3.05. The van der Waals surface area contributed by atoms with Gasteiger partial charge in [0.2, 0.25) is 0 Å². The summed E-state index contributed by atoms with van der Waals surface area (Å²) in [7, 11) is 0. The molecule has 0 N–H and O–H groups in total. The minimum atomic E-state index is 0.0626. The fourth-order valence-corrected chi connectivity index (χ4v) is 1.61. The van der Waals surface area contributed by atoms with Crippen LogP contribution < -0.4 is 0 Å². The molecular weight excluding hydrogens is 204 g/mol. The molecule has 1 heterocycles. The maximum absolute atomic E-state index is 4.26. The van der Waals surface area contributed by atoms with Gasteiger partial charge in [-0.05, 0) is 43.6 Å². The van der Waals surface area contributed by atoms with Crippen molar-refractivity contribution in [2.75, 3.05) is 0 Å². The van der Waals surface area contributed by atoms with Crippen molar-refractivity contribution in [3.8, 4) is 0 Å². The number of aryl methyl sites for hydroxylation is 1. The summed E-state index contributed by atoms with van der Waals surface area (Å²) in [6, 6.07) is 0. The quantitative estimate of drug-likeness (QED) is 0.653. The molecule has 0 aliphatic heterocycles. The highest BCUT2D eigenvalue weighted by molar-refractivity contribution is 9.10. The normalized spacial score (nSPS) is 12.1.